The van der Waals surface area contributed by atoms with Crippen LogP contribution in [0.2, 0.25) is 5.02 Å². The maximum Gasteiger partial charge on any atom is 0.237 e. The zero-order valence-electron chi connectivity index (χ0n) is 24.6. The number of carbonyl (C=O) groups excluding carboxylic acids is 1. The Morgan fingerprint density at radius 1 is 1.13 bits per heavy atom. The van der Waals surface area contributed by atoms with Crippen LogP contribution in [0.5, 0.6) is 5.75 Å². The molecule has 1 unspecified atom stereocenters. The first kappa shape index (κ1) is 31.6. The maximum atomic E-state index is 15.6. The fourth-order valence-electron chi connectivity index (χ4n) is 5.16. The highest BCUT2D eigenvalue weighted by Gasteiger charge is 2.33. The van der Waals surface area contributed by atoms with Gasteiger partial charge in [-0.3, -0.25) is 9.52 Å². The molecule has 6 rings (SSSR count). The van der Waals surface area contributed by atoms with E-state index in [0.717, 1.165) is 12.1 Å². The number of fused-ring (bicyclic) bond motifs is 1. The Hall–Kier alpha value is -4.36. The molecule has 0 amide bonds. The van der Waals surface area contributed by atoms with Gasteiger partial charge in [-0.15, -0.1) is 0 Å². The summed E-state index contributed by atoms with van der Waals surface area (Å²) in [5, 5.41) is 0.632. The summed E-state index contributed by atoms with van der Waals surface area (Å²) < 4.78 is 75.3. The van der Waals surface area contributed by atoms with Crippen molar-refractivity contribution in [2.75, 3.05) is 17.9 Å². The summed E-state index contributed by atoms with van der Waals surface area (Å²) >= 11 is 6.60. The molecule has 0 bridgehead atoms. The molecule has 1 saturated heterocycles. The number of anilines is 1. The van der Waals surface area contributed by atoms with Crippen LogP contribution in [-0.4, -0.2) is 49.3 Å². The summed E-state index contributed by atoms with van der Waals surface area (Å²) in [6.07, 6.45) is 2.61. The number of aromatic nitrogens is 2. The van der Waals surface area contributed by atoms with Gasteiger partial charge < -0.3 is 19.2 Å². The Balaban J connectivity index is 1.25. The van der Waals surface area contributed by atoms with Crippen LogP contribution in [0, 0.1) is 11.6 Å². The van der Waals surface area contributed by atoms with Crippen molar-refractivity contribution in [3.05, 3.63) is 112 Å². The standard InChI is InChI=1S/C33H28ClF2N3O6S/c1-33(2)44-17-22(45-33)16-43-21-8-9-23(26(34)13-21)20-12-24-25(15-38-32(24)37-14-20)31(40)29-27(35)10-11-28(30(29)36)39-46(41,42)18-19-6-4-3-5-7-19/h3-15,22,39H,16-18H2,1-2H3,(H,37,38). The van der Waals surface area contributed by atoms with Crippen LogP contribution in [0.15, 0.2) is 79.1 Å². The fourth-order valence-corrected chi connectivity index (χ4v) is 6.64. The number of sulfonamides is 1. The third kappa shape index (κ3) is 6.75. The zero-order valence-corrected chi connectivity index (χ0v) is 26.2. The molecule has 0 saturated carbocycles. The molecule has 1 fully saturated rings. The van der Waals surface area contributed by atoms with E-state index < -0.39 is 50.2 Å². The third-order valence-corrected chi connectivity index (χ3v) is 8.87. The number of benzene rings is 3. The van der Waals surface area contributed by atoms with Crippen molar-refractivity contribution in [1.82, 2.24) is 9.97 Å². The van der Waals surface area contributed by atoms with Crippen LogP contribution < -0.4 is 9.46 Å². The number of aromatic amines is 1. The first-order valence-electron chi connectivity index (χ1n) is 14.2. The molecule has 5 aromatic rings. The van der Waals surface area contributed by atoms with Crippen LogP contribution >= 0.6 is 11.6 Å². The largest absolute Gasteiger partial charge is 0.491 e. The van der Waals surface area contributed by atoms with E-state index in [1.54, 1.807) is 60.8 Å². The Labute approximate surface area is 268 Å². The Bertz CT molecular complexity index is 2050. The summed E-state index contributed by atoms with van der Waals surface area (Å²) in [7, 11) is -4.08. The number of carbonyl (C=O) groups is 1. The number of H-pyrrole nitrogens is 1. The van der Waals surface area contributed by atoms with Gasteiger partial charge in [0.25, 0.3) is 0 Å². The van der Waals surface area contributed by atoms with Gasteiger partial charge in [0.1, 0.15) is 29.9 Å². The Kier molecular flexibility index (Phi) is 8.55. The first-order valence-corrected chi connectivity index (χ1v) is 16.2. The van der Waals surface area contributed by atoms with Crippen molar-refractivity contribution < 1.29 is 36.2 Å². The molecule has 13 heteroatoms. The average Bonchev–Trinajstić information content (AvgIpc) is 3.59. The van der Waals surface area contributed by atoms with Gasteiger partial charge in [-0.1, -0.05) is 41.9 Å². The lowest BCUT2D eigenvalue weighted by molar-refractivity contribution is -0.141. The van der Waals surface area contributed by atoms with Gasteiger partial charge >= 0.3 is 0 Å². The topological polar surface area (TPSA) is 120 Å². The van der Waals surface area contributed by atoms with Crippen molar-refractivity contribution in [3.63, 3.8) is 0 Å². The molecule has 1 atom stereocenters. The van der Waals surface area contributed by atoms with E-state index >= 15 is 4.39 Å². The number of nitrogens with zero attached hydrogens (tertiary/aromatic N) is 1. The molecule has 9 nitrogen and oxygen atoms in total. The highest BCUT2D eigenvalue weighted by molar-refractivity contribution is 7.91. The summed E-state index contributed by atoms with van der Waals surface area (Å²) in [4.78, 5) is 20.8. The average molecular weight is 668 g/mol. The lowest BCUT2D eigenvalue weighted by atomic mass is 9.99. The molecule has 46 heavy (non-hydrogen) atoms. The van der Waals surface area contributed by atoms with Crippen molar-refractivity contribution in [3.8, 4) is 16.9 Å². The smallest absolute Gasteiger partial charge is 0.237 e. The number of halogens is 3. The quantitative estimate of drug-likeness (QED) is 0.156. The summed E-state index contributed by atoms with van der Waals surface area (Å²) in [5.74, 6) is -4.08. The lowest BCUT2D eigenvalue weighted by Crippen LogP contribution is -2.25. The molecular weight excluding hydrogens is 640 g/mol. The molecule has 3 heterocycles. The Morgan fingerprint density at radius 3 is 2.63 bits per heavy atom. The molecule has 0 aliphatic carbocycles. The van der Waals surface area contributed by atoms with Gasteiger partial charge in [0, 0.05) is 34.5 Å². The zero-order chi connectivity index (χ0) is 32.6. The predicted octanol–water partition coefficient (Wildman–Crippen LogP) is 6.86. The number of ether oxygens (including phenoxy) is 3. The van der Waals surface area contributed by atoms with Gasteiger partial charge in [0.05, 0.1) is 28.6 Å². The molecule has 1 aliphatic heterocycles. The van der Waals surface area contributed by atoms with E-state index in [1.165, 1.54) is 6.20 Å². The number of hydrogen-bond acceptors (Lipinski definition) is 7. The van der Waals surface area contributed by atoms with Gasteiger partial charge in [0.15, 0.2) is 11.6 Å². The van der Waals surface area contributed by atoms with Crippen molar-refractivity contribution in [1.29, 1.82) is 0 Å². The molecule has 0 spiro atoms. The second-order valence-electron chi connectivity index (χ2n) is 11.2. The van der Waals surface area contributed by atoms with Crippen molar-refractivity contribution in [2.45, 2.75) is 31.5 Å². The molecule has 1 aliphatic rings. The van der Waals surface area contributed by atoms with E-state index in [1.807, 2.05) is 13.8 Å². The molecule has 0 radical (unpaired) electrons. The van der Waals surface area contributed by atoms with Crippen LogP contribution in [0.25, 0.3) is 22.2 Å². The molecule has 2 N–H and O–H groups in total. The number of ketones is 1. The molecule has 3 aromatic carbocycles. The molecule has 2 aromatic heterocycles. The van der Waals surface area contributed by atoms with Crippen LogP contribution in [-0.2, 0) is 25.2 Å². The van der Waals surface area contributed by atoms with E-state index in [2.05, 4.69) is 14.7 Å². The van der Waals surface area contributed by atoms with Crippen LogP contribution in [0.4, 0.5) is 14.5 Å². The SMILES string of the molecule is CC1(C)OCC(COc2ccc(-c3cnc4[nH]cc(C(=O)c5c(F)ccc(NS(=O)(=O)Cc6ccccc6)c5F)c4c3)c(Cl)c2)O1. The van der Waals surface area contributed by atoms with E-state index in [0.29, 0.717) is 39.7 Å². The first-order chi connectivity index (χ1) is 21.9. The highest BCUT2D eigenvalue weighted by atomic mass is 35.5. The normalized spacial score (nSPS) is 16.1. The number of rotatable bonds is 10. The van der Waals surface area contributed by atoms with Gasteiger partial charge in [-0.2, -0.15) is 0 Å². The van der Waals surface area contributed by atoms with Gasteiger partial charge in [-0.25, -0.2) is 22.2 Å². The van der Waals surface area contributed by atoms with Gasteiger partial charge in [0.2, 0.25) is 15.8 Å². The van der Waals surface area contributed by atoms with Crippen molar-refractivity contribution in [2.24, 2.45) is 0 Å². The minimum Gasteiger partial charge on any atom is -0.491 e. The fraction of sp³-hybridized carbons (Fsp3) is 0.212. The second-order valence-corrected chi connectivity index (χ2v) is 13.3. The van der Waals surface area contributed by atoms with E-state index in [4.69, 9.17) is 25.8 Å². The third-order valence-electron chi connectivity index (χ3n) is 7.31. The minimum atomic E-state index is -4.08. The number of nitrogens with one attached hydrogen (secondary N) is 2. The lowest BCUT2D eigenvalue weighted by Gasteiger charge is -2.17. The summed E-state index contributed by atoms with van der Waals surface area (Å²) in [6.45, 7) is 4.33. The van der Waals surface area contributed by atoms with Crippen LogP contribution in [0.1, 0.15) is 35.3 Å². The number of hydrogen-bond donors (Lipinski definition) is 2. The maximum absolute atomic E-state index is 15.6. The molecule has 238 valence electrons. The predicted molar refractivity (Wildman–Crippen MR) is 169 cm³/mol. The van der Waals surface area contributed by atoms with Crippen molar-refractivity contribution >= 4 is 44.1 Å². The number of pyridine rings is 1. The van der Waals surface area contributed by atoms with Crippen LogP contribution in [0.3, 0.4) is 0 Å². The van der Waals surface area contributed by atoms with Gasteiger partial charge in [-0.05, 0) is 55.8 Å². The summed E-state index contributed by atoms with van der Waals surface area (Å²) in [6, 6.07) is 16.8. The summed E-state index contributed by atoms with van der Waals surface area (Å²) in [5.41, 5.74) is 0.354. The monoisotopic (exact) mass is 667 g/mol. The Morgan fingerprint density at radius 2 is 1.91 bits per heavy atom. The highest BCUT2D eigenvalue weighted by Crippen LogP contribution is 2.34. The van der Waals surface area contributed by atoms with E-state index in [-0.39, 0.29) is 23.7 Å². The molecular formula is C33H28ClF2N3O6S. The minimum absolute atomic E-state index is 0.0655. The second kappa shape index (κ2) is 12.4. The van der Waals surface area contributed by atoms with E-state index in [9.17, 15) is 17.6 Å².